The van der Waals surface area contributed by atoms with Crippen LogP contribution in [0.15, 0.2) is 54.7 Å². The lowest BCUT2D eigenvalue weighted by molar-refractivity contribution is 0.0994. The zero-order valence-electron chi connectivity index (χ0n) is 14.3. The molecule has 0 bridgehead atoms. The number of carbonyl (C=O) groups is 1. The Hall–Kier alpha value is -2.62. The number of ether oxygens (including phenoxy) is 1. The van der Waals surface area contributed by atoms with Crippen LogP contribution in [0.2, 0.25) is 10.0 Å². The Morgan fingerprint density at radius 3 is 2.52 bits per heavy atom. The number of aromatic nitrogens is 1. The second-order valence-electron chi connectivity index (χ2n) is 6.24. The largest absolute Gasteiger partial charge is 0.439 e. The van der Waals surface area contributed by atoms with Crippen molar-refractivity contribution in [2.45, 2.75) is 12.8 Å². The molecule has 0 amide bonds. The summed E-state index contributed by atoms with van der Waals surface area (Å²) in [6.07, 6.45) is 6.87. The van der Waals surface area contributed by atoms with Crippen molar-refractivity contribution in [1.82, 2.24) is 4.98 Å². The number of pyridine rings is 1. The fraction of sp³-hybridized carbons (Fsp3) is 0.0909. The number of hydrogen-bond acceptors (Lipinski definition) is 3. The zero-order chi connectivity index (χ0) is 18.8. The molecule has 1 aliphatic carbocycles. The van der Waals surface area contributed by atoms with E-state index in [1.165, 1.54) is 0 Å². The number of ketones is 1. The Morgan fingerprint density at radius 1 is 0.926 bits per heavy atom. The van der Waals surface area contributed by atoms with E-state index in [1.54, 1.807) is 12.3 Å². The van der Waals surface area contributed by atoms with Gasteiger partial charge in [-0.15, -0.1) is 0 Å². The number of Topliss-reactive ketones (excluding diaryl/α,β-unsaturated/α-hetero) is 1. The van der Waals surface area contributed by atoms with Gasteiger partial charge in [0.05, 0.1) is 10.0 Å². The van der Waals surface area contributed by atoms with Crippen LogP contribution in [0.1, 0.15) is 33.5 Å². The molecular weight excluding hydrogens is 381 g/mol. The third kappa shape index (κ3) is 3.90. The lowest BCUT2D eigenvalue weighted by Gasteiger charge is -2.09. The molecule has 1 aromatic heterocycles. The van der Waals surface area contributed by atoms with E-state index < -0.39 is 0 Å². The molecule has 0 saturated carbocycles. The highest BCUT2D eigenvalue weighted by molar-refractivity contribution is 6.42. The Bertz CT molecular complexity index is 1040. The minimum atomic E-state index is 0.172. The van der Waals surface area contributed by atoms with Gasteiger partial charge in [0.25, 0.3) is 0 Å². The van der Waals surface area contributed by atoms with Gasteiger partial charge in [0, 0.05) is 29.8 Å². The summed E-state index contributed by atoms with van der Waals surface area (Å²) in [7, 11) is 0. The SMILES string of the molecule is O=C1CCc2c(Oc3ccc(C=Cc4ccc(Cl)c(Cl)c4)cn3)cccc21. The van der Waals surface area contributed by atoms with Gasteiger partial charge in [-0.1, -0.05) is 53.6 Å². The second kappa shape index (κ2) is 7.55. The highest BCUT2D eigenvalue weighted by atomic mass is 35.5. The molecule has 0 atom stereocenters. The molecule has 134 valence electrons. The molecule has 3 nitrogen and oxygen atoms in total. The van der Waals surface area contributed by atoms with Crippen molar-refractivity contribution < 1.29 is 9.53 Å². The molecule has 5 heteroatoms. The van der Waals surface area contributed by atoms with E-state index in [1.807, 2.05) is 54.6 Å². The van der Waals surface area contributed by atoms with Gasteiger partial charge in [-0.05, 0) is 41.8 Å². The third-order valence-electron chi connectivity index (χ3n) is 4.42. The third-order valence-corrected chi connectivity index (χ3v) is 5.16. The van der Waals surface area contributed by atoms with Crippen LogP contribution in [0.5, 0.6) is 11.6 Å². The maximum Gasteiger partial charge on any atom is 0.219 e. The molecule has 0 unspecified atom stereocenters. The average Bonchev–Trinajstić information content (AvgIpc) is 3.06. The van der Waals surface area contributed by atoms with Gasteiger partial charge >= 0.3 is 0 Å². The van der Waals surface area contributed by atoms with Gasteiger partial charge in [-0.3, -0.25) is 4.79 Å². The Kier molecular flexibility index (Phi) is 4.97. The van der Waals surface area contributed by atoms with Crippen molar-refractivity contribution in [1.29, 1.82) is 0 Å². The highest BCUT2D eigenvalue weighted by Crippen LogP contribution is 2.33. The topological polar surface area (TPSA) is 39.2 Å². The smallest absolute Gasteiger partial charge is 0.219 e. The molecule has 3 aromatic rings. The molecule has 0 spiro atoms. The molecule has 4 rings (SSSR count). The van der Waals surface area contributed by atoms with Crippen LogP contribution < -0.4 is 4.74 Å². The summed E-state index contributed by atoms with van der Waals surface area (Å²) in [5, 5.41) is 1.06. The zero-order valence-corrected chi connectivity index (χ0v) is 15.8. The summed E-state index contributed by atoms with van der Waals surface area (Å²) < 4.78 is 5.90. The molecule has 1 heterocycles. The van der Waals surface area contributed by atoms with Crippen molar-refractivity contribution in [2.75, 3.05) is 0 Å². The van der Waals surface area contributed by atoms with E-state index in [9.17, 15) is 4.79 Å². The predicted octanol–water partition coefficient (Wildman–Crippen LogP) is 6.48. The van der Waals surface area contributed by atoms with Crippen LogP contribution >= 0.6 is 23.2 Å². The molecule has 2 aromatic carbocycles. The summed E-state index contributed by atoms with van der Waals surface area (Å²) in [5.74, 6) is 1.37. The maximum absolute atomic E-state index is 11.8. The quantitative estimate of drug-likeness (QED) is 0.507. The number of halogens is 2. The normalized spacial score (nSPS) is 13.2. The van der Waals surface area contributed by atoms with Crippen LogP contribution in [0.3, 0.4) is 0 Å². The van der Waals surface area contributed by atoms with E-state index in [0.717, 1.165) is 28.7 Å². The van der Waals surface area contributed by atoms with Gasteiger partial charge in [0.1, 0.15) is 5.75 Å². The van der Waals surface area contributed by atoms with Crippen LogP contribution in [-0.4, -0.2) is 10.8 Å². The Morgan fingerprint density at radius 2 is 1.74 bits per heavy atom. The van der Waals surface area contributed by atoms with E-state index in [4.69, 9.17) is 27.9 Å². The fourth-order valence-corrected chi connectivity index (χ4v) is 3.33. The summed E-state index contributed by atoms with van der Waals surface area (Å²) >= 11 is 12.0. The van der Waals surface area contributed by atoms with Crippen molar-refractivity contribution in [2.24, 2.45) is 0 Å². The summed E-state index contributed by atoms with van der Waals surface area (Å²) in [4.78, 5) is 16.2. The maximum atomic E-state index is 11.8. The van der Waals surface area contributed by atoms with E-state index in [0.29, 0.717) is 28.1 Å². The number of carbonyl (C=O) groups excluding carboxylic acids is 1. The van der Waals surface area contributed by atoms with Crippen LogP contribution in [0.4, 0.5) is 0 Å². The van der Waals surface area contributed by atoms with Gasteiger partial charge in [-0.2, -0.15) is 0 Å². The van der Waals surface area contributed by atoms with Crippen molar-refractivity contribution in [3.8, 4) is 11.6 Å². The first-order valence-corrected chi connectivity index (χ1v) is 9.28. The second-order valence-corrected chi connectivity index (χ2v) is 7.06. The van der Waals surface area contributed by atoms with E-state index in [-0.39, 0.29) is 5.78 Å². The number of hydrogen-bond donors (Lipinski definition) is 0. The van der Waals surface area contributed by atoms with E-state index >= 15 is 0 Å². The summed E-state index contributed by atoms with van der Waals surface area (Å²) in [6.45, 7) is 0. The van der Waals surface area contributed by atoms with Gasteiger partial charge in [0.15, 0.2) is 5.78 Å². The molecule has 27 heavy (non-hydrogen) atoms. The van der Waals surface area contributed by atoms with Crippen molar-refractivity contribution in [3.05, 3.63) is 87.0 Å². The Balaban J connectivity index is 1.49. The molecule has 0 N–H and O–H groups in total. The highest BCUT2D eigenvalue weighted by Gasteiger charge is 2.22. The molecule has 0 radical (unpaired) electrons. The van der Waals surface area contributed by atoms with E-state index in [2.05, 4.69) is 4.98 Å². The first kappa shape index (κ1) is 17.8. The predicted molar refractivity (Wildman–Crippen MR) is 109 cm³/mol. The van der Waals surface area contributed by atoms with Gasteiger partial charge in [0.2, 0.25) is 5.88 Å². The number of nitrogens with zero attached hydrogens (tertiary/aromatic N) is 1. The Labute approximate surface area is 167 Å². The minimum Gasteiger partial charge on any atom is -0.439 e. The standard InChI is InChI=1S/C22H15Cl2NO2/c23-18-9-6-14(12-19(18)24)4-5-15-7-11-22(25-13-15)27-21-3-1-2-16-17(21)8-10-20(16)26/h1-7,9,11-13H,8,10H2. The van der Waals surface area contributed by atoms with Crippen LogP contribution in [0, 0.1) is 0 Å². The fourth-order valence-electron chi connectivity index (χ4n) is 3.03. The first-order chi connectivity index (χ1) is 13.1. The monoisotopic (exact) mass is 395 g/mol. The van der Waals surface area contributed by atoms with Crippen LogP contribution in [-0.2, 0) is 6.42 Å². The molecule has 0 aliphatic heterocycles. The van der Waals surface area contributed by atoms with Crippen molar-refractivity contribution in [3.63, 3.8) is 0 Å². The van der Waals surface area contributed by atoms with Crippen LogP contribution in [0.25, 0.3) is 12.2 Å². The lowest BCUT2D eigenvalue weighted by atomic mass is 10.1. The lowest BCUT2D eigenvalue weighted by Crippen LogP contribution is -1.94. The molecule has 0 saturated heterocycles. The van der Waals surface area contributed by atoms with Gasteiger partial charge in [-0.25, -0.2) is 4.98 Å². The summed E-state index contributed by atoms with van der Waals surface area (Å²) in [5.41, 5.74) is 3.61. The molecule has 0 fully saturated rings. The number of benzene rings is 2. The average molecular weight is 396 g/mol. The number of fused-ring (bicyclic) bond motifs is 1. The number of rotatable bonds is 4. The first-order valence-electron chi connectivity index (χ1n) is 8.52. The van der Waals surface area contributed by atoms with Crippen molar-refractivity contribution >= 4 is 41.1 Å². The molecular formula is C22H15Cl2NO2. The van der Waals surface area contributed by atoms with Gasteiger partial charge < -0.3 is 4.74 Å². The summed E-state index contributed by atoms with van der Waals surface area (Å²) in [6, 6.07) is 14.8. The minimum absolute atomic E-state index is 0.172. The molecule has 1 aliphatic rings.